The van der Waals surface area contributed by atoms with Gasteiger partial charge in [0.25, 0.3) is 0 Å². The lowest BCUT2D eigenvalue weighted by molar-refractivity contribution is -0.136. The molecular weight excluding hydrogens is 489 g/mol. The average molecular weight is 514 g/mol. The van der Waals surface area contributed by atoms with Gasteiger partial charge in [-0.05, 0) is 48.4 Å². The van der Waals surface area contributed by atoms with E-state index < -0.39 is 33.9 Å². The van der Waals surface area contributed by atoms with Crippen LogP contribution in [0.25, 0.3) is 16.5 Å². The molecule has 2 atom stereocenters. The van der Waals surface area contributed by atoms with Crippen LogP contribution in [0.1, 0.15) is 23.7 Å². The number of sulfonamides is 1. The first kappa shape index (κ1) is 24.2. The number of hydrogen-bond acceptors (Lipinski definition) is 6. The van der Waals surface area contributed by atoms with Gasteiger partial charge in [0.2, 0.25) is 10.0 Å². The number of fused-ring (bicyclic) bond motifs is 1. The Morgan fingerprint density at radius 1 is 1.25 bits per heavy atom. The van der Waals surface area contributed by atoms with Crippen LogP contribution in [0.4, 0.5) is 4.39 Å². The van der Waals surface area contributed by atoms with Crippen molar-refractivity contribution in [3.8, 4) is 5.75 Å². The summed E-state index contributed by atoms with van der Waals surface area (Å²) < 4.78 is 49.8. The fourth-order valence-corrected chi connectivity index (χ4v) is 6.51. The van der Waals surface area contributed by atoms with Gasteiger partial charge in [-0.25, -0.2) is 12.8 Å². The SMILES string of the molecule is COC[C@@H]1C[C@@H](n2nc(CC(=O)O)c3ccc(F)cc32)CN1S(=O)(=O)c1ccc(O)c(C2=CC=C2)c1. The number of phenols is 1. The second-order valence-electron chi connectivity index (χ2n) is 8.86. The third-order valence-electron chi connectivity index (χ3n) is 6.55. The van der Waals surface area contributed by atoms with Crippen molar-refractivity contribution in [1.82, 2.24) is 14.1 Å². The van der Waals surface area contributed by atoms with Gasteiger partial charge in [-0.1, -0.05) is 18.2 Å². The number of methoxy groups -OCH3 is 1. The molecule has 2 heterocycles. The number of phenolic OH excluding ortho intramolecular Hbond substituents is 1. The second-order valence-corrected chi connectivity index (χ2v) is 10.7. The van der Waals surface area contributed by atoms with Gasteiger partial charge in [-0.3, -0.25) is 9.48 Å². The van der Waals surface area contributed by atoms with E-state index in [0.29, 0.717) is 22.9 Å². The Kier molecular flexibility index (Phi) is 6.15. The summed E-state index contributed by atoms with van der Waals surface area (Å²) in [5.41, 5.74) is 1.84. The maximum Gasteiger partial charge on any atom is 0.309 e. The fraction of sp³-hybridized carbons (Fsp3) is 0.280. The molecule has 9 nitrogen and oxygen atoms in total. The molecule has 11 heteroatoms. The highest BCUT2D eigenvalue weighted by molar-refractivity contribution is 7.89. The number of allylic oxidation sites excluding steroid dienone is 4. The van der Waals surface area contributed by atoms with Crippen molar-refractivity contribution in [1.29, 1.82) is 0 Å². The Labute approximate surface area is 206 Å². The highest BCUT2D eigenvalue weighted by Crippen LogP contribution is 2.37. The number of benzene rings is 2. The van der Waals surface area contributed by atoms with E-state index in [0.717, 1.165) is 5.57 Å². The maximum absolute atomic E-state index is 14.1. The van der Waals surface area contributed by atoms with Gasteiger partial charge in [0.05, 0.1) is 41.2 Å². The largest absolute Gasteiger partial charge is 0.507 e. The van der Waals surface area contributed by atoms with Crippen LogP contribution in [0.2, 0.25) is 0 Å². The molecule has 2 N–H and O–H groups in total. The molecule has 3 aromatic rings. The minimum atomic E-state index is -4.00. The van der Waals surface area contributed by atoms with Crippen LogP contribution in [-0.4, -0.2) is 65.0 Å². The van der Waals surface area contributed by atoms with Crippen LogP contribution in [0.5, 0.6) is 5.75 Å². The molecule has 1 fully saturated rings. The predicted molar refractivity (Wildman–Crippen MR) is 129 cm³/mol. The van der Waals surface area contributed by atoms with Crippen LogP contribution in [-0.2, 0) is 26.0 Å². The number of carbonyl (C=O) groups is 1. The van der Waals surface area contributed by atoms with Crippen molar-refractivity contribution in [2.24, 2.45) is 0 Å². The van der Waals surface area contributed by atoms with Gasteiger partial charge in [0, 0.05) is 24.6 Å². The number of rotatable bonds is 8. The Bertz CT molecular complexity index is 1530. The van der Waals surface area contributed by atoms with Gasteiger partial charge in [-0.15, -0.1) is 0 Å². The number of aliphatic carboxylic acids is 1. The number of aromatic nitrogens is 2. The summed E-state index contributed by atoms with van der Waals surface area (Å²) in [7, 11) is -2.52. The fourth-order valence-electron chi connectivity index (χ4n) is 4.82. The highest BCUT2D eigenvalue weighted by atomic mass is 32.2. The van der Waals surface area contributed by atoms with Gasteiger partial charge >= 0.3 is 5.97 Å². The van der Waals surface area contributed by atoms with Gasteiger partial charge in [0.1, 0.15) is 11.6 Å². The summed E-state index contributed by atoms with van der Waals surface area (Å²) in [6, 6.07) is 7.18. The summed E-state index contributed by atoms with van der Waals surface area (Å²) in [6.07, 6.45) is 5.35. The molecule has 36 heavy (non-hydrogen) atoms. The van der Waals surface area contributed by atoms with Crippen molar-refractivity contribution in [3.63, 3.8) is 0 Å². The Balaban J connectivity index is 1.53. The molecule has 5 rings (SSSR count). The van der Waals surface area contributed by atoms with E-state index in [1.807, 2.05) is 0 Å². The van der Waals surface area contributed by atoms with E-state index in [2.05, 4.69) is 5.10 Å². The number of nitrogens with zero attached hydrogens (tertiary/aromatic N) is 3. The lowest BCUT2D eigenvalue weighted by Gasteiger charge is -2.24. The third kappa shape index (κ3) is 4.19. The molecule has 1 aliphatic heterocycles. The molecule has 1 saturated heterocycles. The summed E-state index contributed by atoms with van der Waals surface area (Å²) >= 11 is 0. The van der Waals surface area contributed by atoms with Crippen molar-refractivity contribution in [2.45, 2.75) is 29.8 Å². The second kappa shape index (κ2) is 9.16. The molecule has 0 amide bonds. The first-order chi connectivity index (χ1) is 17.2. The van der Waals surface area contributed by atoms with E-state index in [1.54, 1.807) is 18.2 Å². The lowest BCUT2D eigenvalue weighted by atomic mass is 9.99. The topological polar surface area (TPSA) is 122 Å². The Hall–Kier alpha value is -3.54. The van der Waals surface area contributed by atoms with Gasteiger partial charge < -0.3 is 14.9 Å². The molecule has 0 spiro atoms. The minimum Gasteiger partial charge on any atom is -0.507 e. The number of carboxylic acid groups (broad SMARTS) is 1. The molecular formula is C25H24FN3O6S. The molecule has 0 bridgehead atoms. The van der Waals surface area contributed by atoms with E-state index >= 15 is 0 Å². The zero-order valence-electron chi connectivity index (χ0n) is 19.3. The van der Waals surface area contributed by atoms with Crippen LogP contribution in [0.15, 0.2) is 59.5 Å². The molecule has 1 aliphatic carbocycles. The summed E-state index contributed by atoms with van der Waals surface area (Å²) in [6.45, 7) is 0.166. The normalized spacial score (nSPS) is 20.0. The lowest BCUT2D eigenvalue weighted by Crippen LogP contribution is -2.38. The first-order valence-electron chi connectivity index (χ1n) is 11.3. The van der Waals surface area contributed by atoms with E-state index in [4.69, 9.17) is 4.74 Å². The number of halogens is 1. The van der Waals surface area contributed by atoms with E-state index in [-0.39, 0.29) is 35.9 Å². The molecule has 0 radical (unpaired) electrons. The first-order valence-corrected chi connectivity index (χ1v) is 12.7. The van der Waals surface area contributed by atoms with Crippen LogP contribution < -0.4 is 0 Å². The zero-order valence-corrected chi connectivity index (χ0v) is 20.2. The summed E-state index contributed by atoms with van der Waals surface area (Å²) in [5, 5.41) is 24.5. The number of carboxylic acids is 1. The molecule has 2 aromatic carbocycles. The average Bonchev–Trinajstić information content (AvgIpc) is 3.35. The predicted octanol–water partition coefficient (Wildman–Crippen LogP) is 3.11. The third-order valence-corrected chi connectivity index (χ3v) is 8.46. The van der Waals surface area contributed by atoms with Crippen molar-refractivity contribution in [2.75, 3.05) is 20.3 Å². The monoisotopic (exact) mass is 513 g/mol. The molecule has 2 aliphatic rings. The zero-order chi connectivity index (χ0) is 25.6. The van der Waals surface area contributed by atoms with Crippen molar-refractivity contribution in [3.05, 3.63) is 71.7 Å². The van der Waals surface area contributed by atoms with Crippen molar-refractivity contribution < 1.29 is 32.6 Å². The molecule has 0 saturated carbocycles. The standard InChI is InChI=1S/C25H24FN3O6S/c1-35-14-18-10-17(29-23-9-16(26)5-7-20(23)22(27-29)12-25(31)32)13-28(18)36(33,34)19-6-8-24(30)21(11-19)15-3-2-4-15/h2-9,11,17-18,30H,10,12-14H2,1H3,(H,31,32)/t17-,18+/m1/s1. The molecule has 0 unspecified atom stereocenters. The number of aromatic hydroxyl groups is 1. The van der Waals surface area contributed by atoms with Crippen LogP contribution >= 0.6 is 0 Å². The smallest absolute Gasteiger partial charge is 0.309 e. The van der Waals surface area contributed by atoms with Gasteiger partial charge in [0.15, 0.2) is 0 Å². The Morgan fingerprint density at radius 2 is 2.03 bits per heavy atom. The van der Waals surface area contributed by atoms with E-state index in [9.17, 15) is 27.8 Å². The van der Waals surface area contributed by atoms with E-state index in [1.165, 1.54) is 52.5 Å². The van der Waals surface area contributed by atoms with Crippen LogP contribution in [0.3, 0.4) is 0 Å². The Morgan fingerprint density at radius 3 is 2.69 bits per heavy atom. The minimum absolute atomic E-state index is 0.0201. The number of ether oxygens (including phenoxy) is 1. The molecule has 1 aromatic heterocycles. The highest BCUT2D eigenvalue weighted by Gasteiger charge is 2.42. The van der Waals surface area contributed by atoms with Crippen molar-refractivity contribution >= 4 is 32.5 Å². The summed E-state index contributed by atoms with van der Waals surface area (Å²) in [4.78, 5) is 11.4. The van der Waals surface area contributed by atoms with Gasteiger partial charge in [-0.2, -0.15) is 9.40 Å². The maximum atomic E-state index is 14.1. The number of hydrogen-bond donors (Lipinski definition) is 2. The summed E-state index contributed by atoms with van der Waals surface area (Å²) in [5.74, 6) is -1.59. The molecule has 188 valence electrons. The van der Waals surface area contributed by atoms with Crippen LogP contribution in [0, 0.1) is 5.82 Å². The quantitative estimate of drug-likeness (QED) is 0.475.